The summed E-state index contributed by atoms with van der Waals surface area (Å²) in [5.41, 5.74) is 2.82. The molecule has 0 saturated carbocycles. The Labute approximate surface area is 185 Å². The number of halogens is 1. The number of rotatable bonds is 6. The van der Waals surface area contributed by atoms with Crippen molar-refractivity contribution in [2.75, 3.05) is 32.8 Å². The second-order valence-electron chi connectivity index (χ2n) is 7.18. The predicted octanol–water partition coefficient (Wildman–Crippen LogP) is 4.82. The summed E-state index contributed by atoms with van der Waals surface area (Å²) in [5.74, 6) is 0.923. The molecule has 30 heavy (non-hydrogen) atoms. The molecule has 5 nitrogen and oxygen atoms in total. The number of amides is 1. The van der Waals surface area contributed by atoms with Crippen molar-refractivity contribution in [3.8, 4) is 16.3 Å². The van der Waals surface area contributed by atoms with E-state index in [9.17, 15) is 4.79 Å². The summed E-state index contributed by atoms with van der Waals surface area (Å²) in [7, 11) is 0. The Balaban J connectivity index is 1.32. The summed E-state index contributed by atoms with van der Waals surface area (Å²) in [5, 5.41) is 3.73. The third kappa shape index (κ3) is 5.01. The van der Waals surface area contributed by atoms with Crippen LogP contribution in [-0.4, -0.2) is 53.5 Å². The van der Waals surface area contributed by atoms with Gasteiger partial charge in [-0.15, -0.1) is 11.3 Å². The lowest BCUT2D eigenvalue weighted by Crippen LogP contribution is -2.48. The summed E-state index contributed by atoms with van der Waals surface area (Å²) < 4.78 is 5.50. The summed E-state index contributed by atoms with van der Waals surface area (Å²) in [6.07, 6.45) is 0. The molecule has 1 fully saturated rings. The van der Waals surface area contributed by atoms with Crippen LogP contribution in [0.4, 0.5) is 0 Å². The van der Waals surface area contributed by atoms with Crippen molar-refractivity contribution in [3.63, 3.8) is 0 Å². The van der Waals surface area contributed by atoms with E-state index in [0.717, 1.165) is 41.6 Å². The van der Waals surface area contributed by atoms with Crippen LogP contribution in [0, 0.1) is 0 Å². The van der Waals surface area contributed by atoms with E-state index in [2.05, 4.69) is 10.3 Å². The summed E-state index contributed by atoms with van der Waals surface area (Å²) in [4.78, 5) is 21.7. The van der Waals surface area contributed by atoms with Crippen LogP contribution in [-0.2, 0) is 6.54 Å². The van der Waals surface area contributed by atoms with Gasteiger partial charge in [0.15, 0.2) is 0 Å². The topological polar surface area (TPSA) is 45.7 Å². The first-order valence-corrected chi connectivity index (χ1v) is 11.3. The molecule has 0 N–H and O–H groups in total. The first kappa shape index (κ1) is 20.8. The number of hydrogen-bond donors (Lipinski definition) is 0. The monoisotopic (exact) mass is 441 g/mol. The molecular weight excluding hydrogens is 418 g/mol. The van der Waals surface area contributed by atoms with Crippen LogP contribution in [0.15, 0.2) is 53.9 Å². The van der Waals surface area contributed by atoms with E-state index in [1.165, 1.54) is 0 Å². The molecule has 2 heterocycles. The Hall–Kier alpha value is -2.41. The molecule has 0 unspecified atom stereocenters. The molecular formula is C23H24ClN3O2S. The zero-order chi connectivity index (χ0) is 20.9. The van der Waals surface area contributed by atoms with Crippen molar-refractivity contribution >= 4 is 28.8 Å². The fraction of sp³-hybridized carbons (Fsp3) is 0.304. The number of benzene rings is 2. The number of piperazine rings is 1. The van der Waals surface area contributed by atoms with Gasteiger partial charge in [-0.1, -0.05) is 17.7 Å². The molecule has 1 saturated heterocycles. The van der Waals surface area contributed by atoms with Crippen molar-refractivity contribution in [2.45, 2.75) is 13.5 Å². The van der Waals surface area contributed by atoms with Crippen molar-refractivity contribution in [1.29, 1.82) is 0 Å². The van der Waals surface area contributed by atoms with Crippen molar-refractivity contribution in [3.05, 3.63) is 70.2 Å². The highest BCUT2D eigenvalue weighted by Crippen LogP contribution is 2.26. The smallest absolute Gasteiger partial charge is 0.253 e. The minimum atomic E-state index is 0.0450. The molecule has 0 spiro atoms. The van der Waals surface area contributed by atoms with E-state index >= 15 is 0 Å². The van der Waals surface area contributed by atoms with Crippen LogP contribution in [0.3, 0.4) is 0 Å². The van der Waals surface area contributed by atoms with Crippen LogP contribution in [0.5, 0.6) is 5.75 Å². The predicted molar refractivity (Wildman–Crippen MR) is 121 cm³/mol. The minimum Gasteiger partial charge on any atom is -0.494 e. The fourth-order valence-electron chi connectivity index (χ4n) is 3.51. The molecule has 2 aromatic carbocycles. The third-order valence-corrected chi connectivity index (χ3v) is 6.26. The van der Waals surface area contributed by atoms with E-state index in [-0.39, 0.29) is 5.91 Å². The lowest BCUT2D eigenvalue weighted by Gasteiger charge is -2.34. The molecule has 0 atom stereocenters. The lowest BCUT2D eigenvalue weighted by atomic mass is 10.2. The van der Waals surface area contributed by atoms with Crippen LogP contribution in [0.2, 0.25) is 5.02 Å². The molecule has 4 rings (SSSR count). The Kier molecular flexibility index (Phi) is 6.67. The van der Waals surface area contributed by atoms with Gasteiger partial charge in [-0.3, -0.25) is 9.69 Å². The minimum absolute atomic E-state index is 0.0450. The van der Waals surface area contributed by atoms with Crippen LogP contribution >= 0.6 is 22.9 Å². The number of hydrogen-bond acceptors (Lipinski definition) is 5. The van der Waals surface area contributed by atoms with Crippen molar-refractivity contribution < 1.29 is 9.53 Å². The summed E-state index contributed by atoms with van der Waals surface area (Å²) in [6.45, 7) is 6.53. The van der Waals surface area contributed by atoms with Crippen molar-refractivity contribution in [2.24, 2.45) is 0 Å². The van der Waals surface area contributed by atoms with Gasteiger partial charge >= 0.3 is 0 Å². The number of carbonyl (C=O) groups excluding carboxylic acids is 1. The normalized spacial score (nSPS) is 14.7. The second kappa shape index (κ2) is 9.60. The summed E-state index contributed by atoms with van der Waals surface area (Å²) >= 11 is 7.68. The van der Waals surface area contributed by atoms with Gasteiger partial charge in [-0.05, 0) is 49.4 Å². The van der Waals surface area contributed by atoms with E-state index in [4.69, 9.17) is 21.3 Å². The number of ether oxygens (including phenoxy) is 1. The number of carbonyl (C=O) groups is 1. The molecule has 0 radical (unpaired) electrons. The molecule has 0 aliphatic carbocycles. The first-order valence-electron chi connectivity index (χ1n) is 10.1. The number of aromatic nitrogens is 1. The fourth-order valence-corrected chi connectivity index (χ4v) is 4.52. The average molecular weight is 442 g/mol. The second-order valence-corrected chi connectivity index (χ2v) is 8.47. The molecule has 1 amide bonds. The van der Waals surface area contributed by atoms with E-state index in [1.54, 1.807) is 23.5 Å². The van der Waals surface area contributed by atoms with Gasteiger partial charge in [0.1, 0.15) is 10.8 Å². The first-order chi connectivity index (χ1) is 14.6. The van der Waals surface area contributed by atoms with Crippen molar-refractivity contribution in [1.82, 2.24) is 14.8 Å². The lowest BCUT2D eigenvalue weighted by molar-refractivity contribution is 0.0627. The Bertz CT molecular complexity index is 998. The Morgan fingerprint density at radius 3 is 2.60 bits per heavy atom. The SMILES string of the molecule is CCOc1ccc(-c2nc(CN3CCN(C(=O)c4cccc(Cl)c4)CC3)cs2)cc1. The zero-order valence-electron chi connectivity index (χ0n) is 16.9. The molecule has 1 aliphatic rings. The van der Waals surface area contributed by atoms with Gasteiger partial charge in [0.25, 0.3) is 5.91 Å². The largest absolute Gasteiger partial charge is 0.494 e. The highest BCUT2D eigenvalue weighted by molar-refractivity contribution is 7.13. The van der Waals surface area contributed by atoms with Gasteiger partial charge in [0, 0.05) is 54.3 Å². The molecule has 1 aliphatic heterocycles. The molecule has 1 aromatic heterocycles. The van der Waals surface area contributed by atoms with Crippen LogP contribution in [0.25, 0.3) is 10.6 Å². The maximum Gasteiger partial charge on any atom is 0.253 e. The summed E-state index contributed by atoms with van der Waals surface area (Å²) in [6, 6.07) is 15.2. The zero-order valence-corrected chi connectivity index (χ0v) is 18.5. The quantitative estimate of drug-likeness (QED) is 0.550. The Morgan fingerprint density at radius 1 is 1.13 bits per heavy atom. The van der Waals surface area contributed by atoms with Gasteiger partial charge in [0.2, 0.25) is 0 Å². The standard InChI is InChI=1S/C23H24ClN3O2S/c1-2-29-21-8-6-17(7-9-21)22-25-20(16-30-22)15-26-10-12-27(13-11-26)23(28)18-4-3-5-19(24)14-18/h3-9,14,16H,2,10-13,15H2,1H3. The van der Waals surface area contributed by atoms with Gasteiger partial charge in [-0.2, -0.15) is 0 Å². The Morgan fingerprint density at radius 2 is 1.90 bits per heavy atom. The van der Waals surface area contributed by atoms with Crippen LogP contribution in [0.1, 0.15) is 23.0 Å². The maximum absolute atomic E-state index is 12.7. The molecule has 156 valence electrons. The molecule has 7 heteroatoms. The highest BCUT2D eigenvalue weighted by atomic mass is 35.5. The van der Waals surface area contributed by atoms with E-state index in [0.29, 0.717) is 30.3 Å². The van der Waals surface area contributed by atoms with E-state index < -0.39 is 0 Å². The van der Waals surface area contributed by atoms with Crippen LogP contribution < -0.4 is 4.74 Å². The third-order valence-electron chi connectivity index (χ3n) is 5.08. The number of thiazole rings is 1. The highest BCUT2D eigenvalue weighted by Gasteiger charge is 2.22. The van der Waals surface area contributed by atoms with Gasteiger partial charge in [0.05, 0.1) is 12.3 Å². The molecule has 0 bridgehead atoms. The number of nitrogens with zero attached hydrogens (tertiary/aromatic N) is 3. The van der Waals surface area contributed by atoms with E-state index in [1.807, 2.05) is 48.2 Å². The van der Waals surface area contributed by atoms with Gasteiger partial charge < -0.3 is 9.64 Å². The molecule has 3 aromatic rings. The van der Waals surface area contributed by atoms with Gasteiger partial charge in [-0.25, -0.2) is 4.98 Å². The maximum atomic E-state index is 12.7. The average Bonchev–Trinajstić information content (AvgIpc) is 3.23.